The van der Waals surface area contributed by atoms with Crippen LogP contribution in [0.1, 0.15) is 52.0 Å². The molecule has 24 heavy (non-hydrogen) atoms. The number of rotatable bonds is 4. The lowest BCUT2D eigenvalue weighted by Crippen LogP contribution is -2.45. The molecule has 1 saturated carbocycles. The van der Waals surface area contributed by atoms with Crippen LogP contribution >= 0.6 is 11.6 Å². The first-order chi connectivity index (χ1) is 11.3. The van der Waals surface area contributed by atoms with E-state index in [1.807, 2.05) is 45.0 Å². The Morgan fingerprint density at radius 3 is 2.12 bits per heavy atom. The van der Waals surface area contributed by atoms with E-state index in [1.165, 1.54) is 0 Å². The SMILES string of the molecule is CC(C)(C)NC(=O)C1CCC(C(=O)NCc2ccccc2Cl)CC1. The molecule has 1 aliphatic rings. The molecular formula is C19H27ClN2O2. The molecule has 0 heterocycles. The molecule has 4 nitrogen and oxygen atoms in total. The van der Waals surface area contributed by atoms with Crippen LogP contribution in [0.25, 0.3) is 0 Å². The summed E-state index contributed by atoms with van der Waals surface area (Å²) in [5.41, 5.74) is 0.714. The van der Waals surface area contributed by atoms with Crippen LogP contribution in [0.4, 0.5) is 0 Å². The lowest BCUT2D eigenvalue weighted by Gasteiger charge is -2.30. The van der Waals surface area contributed by atoms with Gasteiger partial charge in [0.2, 0.25) is 11.8 Å². The Morgan fingerprint density at radius 1 is 1.04 bits per heavy atom. The van der Waals surface area contributed by atoms with Crippen molar-refractivity contribution in [3.05, 3.63) is 34.9 Å². The predicted molar refractivity (Wildman–Crippen MR) is 96.6 cm³/mol. The number of carbonyl (C=O) groups is 2. The predicted octanol–water partition coefficient (Wildman–Crippen LogP) is 3.68. The van der Waals surface area contributed by atoms with E-state index in [0.717, 1.165) is 31.2 Å². The van der Waals surface area contributed by atoms with E-state index in [-0.39, 0.29) is 29.2 Å². The van der Waals surface area contributed by atoms with Gasteiger partial charge in [-0.3, -0.25) is 9.59 Å². The Labute approximate surface area is 149 Å². The van der Waals surface area contributed by atoms with E-state index in [4.69, 9.17) is 11.6 Å². The maximum Gasteiger partial charge on any atom is 0.223 e. The average molecular weight is 351 g/mol. The Morgan fingerprint density at radius 2 is 1.58 bits per heavy atom. The van der Waals surface area contributed by atoms with Crippen molar-refractivity contribution in [1.82, 2.24) is 10.6 Å². The monoisotopic (exact) mass is 350 g/mol. The molecule has 0 radical (unpaired) electrons. The highest BCUT2D eigenvalue weighted by Gasteiger charge is 2.31. The number of hydrogen-bond donors (Lipinski definition) is 2. The topological polar surface area (TPSA) is 58.2 Å². The number of carbonyl (C=O) groups excluding carboxylic acids is 2. The van der Waals surface area contributed by atoms with Crippen LogP contribution in [0.5, 0.6) is 0 Å². The van der Waals surface area contributed by atoms with Crippen LogP contribution in [0.15, 0.2) is 24.3 Å². The maximum absolute atomic E-state index is 12.3. The van der Waals surface area contributed by atoms with Crippen molar-refractivity contribution < 1.29 is 9.59 Å². The summed E-state index contributed by atoms with van der Waals surface area (Å²) >= 11 is 6.10. The molecule has 0 atom stereocenters. The molecule has 0 saturated heterocycles. The van der Waals surface area contributed by atoms with Gasteiger partial charge in [-0.05, 0) is 58.1 Å². The highest BCUT2D eigenvalue weighted by molar-refractivity contribution is 6.31. The van der Waals surface area contributed by atoms with Crippen LogP contribution in [-0.2, 0) is 16.1 Å². The van der Waals surface area contributed by atoms with Crippen molar-refractivity contribution in [2.45, 2.75) is 58.5 Å². The van der Waals surface area contributed by atoms with Crippen LogP contribution in [0, 0.1) is 11.8 Å². The fourth-order valence-electron chi connectivity index (χ4n) is 3.06. The van der Waals surface area contributed by atoms with Gasteiger partial charge in [-0.15, -0.1) is 0 Å². The van der Waals surface area contributed by atoms with Crippen molar-refractivity contribution in [2.24, 2.45) is 11.8 Å². The fourth-order valence-corrected chi connectivity index (χ4v) is 3.26. The highest BCUT2D eigenvalue weighted by atomic mass is 35.5. The summed E-state index contributed by atoms with van der Waals surface area (Å²) < 4.78 is 0. The second-order valence-electron chi connectivity index (χ2n) is 7.60. The van der Waals surface area contributed by atoms with Crippen LogP contribution in [-0.4, -0.2) is 17.4 Å². The normalized spacial score (nSPS) is 21.2. The molecule has 2 rings (SSSR count). The van der Waals surface area contributed by atoms with Gasteiger partial charge in [0.05, 0.1) is 0 Å². The Kier molecular flexibility index (Phi) is 6.27. The summed E-state index contributed by atoms with van der Waals surface area (Å²) in [6.45, 7) is 6.40. The van der Waals surface area contributed by atoms with Crippen molar-refractivity contribution in [3.8, 4) is 0 Å². The first-order valence-corrected chi connectivity index (χ1v) is 8.97. The van der Waals surface area contributed by atoms with Crippen LogP contribution in [0.2, 0.25) is 5.02 Å². The quantitative estimate of drug-likeness (QED) is 0.870. The molecule has 0 aromatic heterocycles. The van der Waals surface area contributed by atoms with E-state index in [2.05, 4.69) is 10.6 Å². The second-order valence-corrected chi connectivity index (χ2v) is 8.00. The van der Waals surface area contributed by atoms with E-state index in [1.54, 1.807) is 0 Å². The molecule has 1 fully saturated rings. The van der Waals surface area contributed by atoms with Crippen molar-refractivity contribution in [2.75, 3.05) is 0 Å². The van der Waals surface area contributed by atoms with Gasteiger partial charge in [-0.1, -0.05) is 29.8 Å². The summed E-state index contributed by atoms with van der Waals surface area (Å²) in [5, 5.41) is 6.67. The molecule has 2 amide bonds. The van der Waals surface area contributed by atoms with E-state index >= 15 is 0 Å². The van der Waals surface area contributed by atoms with Crippen LogP contribution < -0.4 is 10.6 Å². The third-order valence-corrected chi connectivity index (χ3v) is 4.75. The Hall–Kier alpha value is -1.55. The van der Waals surface area contributed by atoms with Gasteiger partial charge in [0.1, 0.15) is 0 Å². The first-order valence-electron chi connectivity index (χ1n) is 8.59. The molecule has 0 unspecified atom stereocenters. The van der Waals surface area contributed by atoms with E-state index < -0.39 is 0 Å². The Bertz CT molecular complexity index is 587. The third-order valence-electron chi connectivity index (χ3n) is 4.38. The minimum absolute atomic E-state index is 0.00817. The highest BCUT2D eigenvalue weighted by Crippen LogP contribution is 2.29. The summed E-state index contributed by atoms with van der Waals surface area (Å²) in [6.07, 6.45) is 3.06. The molecule has 1 aromatic rings. The molecule has 1 aromatic carbocycles. The third kappa shape index (κ3) is 5.52. The van der Waals surface area contributed by atoms with E-state index in [9.17, 15) is 9.59 Å². The number of amides is 2. The van der Waals surface area contributed by atoms with E-state index in [0.29, 0.717) is 11.6 Å². The average Bonchev–Trinajstić information content (AvgIpc) is 2.52. The van der Waals surface area contributed by atoms with Gasteiger partial charge in [0.25, 0.3) is 0 Å². The standard InChI is InChI=1S/C19H27ClN2O2/c1-19(2,3)22-18(24)14-10-8-13(9-11-14)17(23)21-12-15-6-4-5-7-16(15)20/h4-7,13-14H,8-12H2,1-3H3,(H,21,23)(H,22,24). The fraction of sp³-hybridized carbons (Fsp3) is 0.579. The lowest BCUT2D eigenvalue weighted by atomic mass is 9.81. The molecule has 132 valence electrons. The second kappa shape index (κ2) is 8.02. The Balaban J connectivity index is 1.78. The summed E-state index contributed by atoms with van der Waals surface area (Å²) in [6, 6.07) is 7.52. The van der Waals surface area contributed by atoms with Crippen molar-refractivity contribution in [1.29, 1.82) is 0 Å². The molecule has 2 N–H and O–H groups in total. The maximum atomic E-state index is 12.3. The summed E-state index contributed by atoms with van der Waals surface area (Å²) in [4.78, 5) is 24.5. The minimum Gasteiger partial charge on any atom is -0.352 e. The first kappa shape index (κ1) is 18.8. The summed E-state index contributed by atoms with van der Waals surface area (Å²) in [5.74, 6) is 0.185. The molecule has 5 heteroatoms. The van der Waals surface area contributed by atoms with Crippen molar-refractivity contribution in [3.63, 3.8) is 0 Å². The summed E-state index contributed by atoms with van der Waals surface area (Å²) in [7, 11) is 0. The van der Waals surface area contributed by atoms with Crippen LogP contribution in [0.3, 0.4) is 0 Å². The van der Waals surface area contributed by atoms with Gasteiger partial charge in [-0.25, -0.2) is 0 Å². The van der Waals surface area contributed by atoms with Gasteiger partial charge >= 0.3 is 0 Å². The smallest absolute Gasteiger partial charge is 0.223 e. The number of halogens is 1. The molecule has 1 aliphatic carbocycles. The minimum atomic E-state index is -0.208. The van der Waals surface area contributed by atoms with Crippen molar-refractivity contribution >= 4 is 23.4 Å². The zero-order valence-electron chi connectivity index (χ0n) is 14.7. The molecule has 0 spiro atoms. The van der Waals surface area contributed by atoms with Gasteiger partial charge in [0.15, 0.2) is 0 Å². The molecular weight excluding hydrogens is 324 g/mol. The van der Waals surface area contributed by atoms with Gasteiger partial charge < -0.3 is 10.6 Å². The van der Waals surface area contributed by atoms with Gasteiger partial charge in [0, 0.05) is 28.9 Å². The number of nitrogens with one attached hydrogen (secondary N) is 2. The zero-order chi connectivity index (χ0) is 17.7. The molecule has 0 aliphatic heterocycles. The zero-order valence-corrected chi connectivity index (χ0v) is 15.5. The lowest BCUT2D eigenvalue weighted by molar-refractivity contribution is -0.131. The molecule has 0 bridgehead atoms. The number of benzene rings is 1. The largest absolute Gasteiger partial charge is 0.352 e. The number of hydrogen-bond acceptors (Lipinski definition) is 2. The van der Waals surface area contributed by atoms with Gasteiger partial charge in [-0.2, -0.15) is 0 Å².